The number of amides is 1. The van der Waals surface area contributed by atoms with Crippen LogP contribution in [0.3, 0.4) is 0 Å². The molecule has 5 fully saturated rings. The van der Waals surface area contributed by atoms with Gasteiger partial charge in [-0.2, -0.15) is 15.0 Å². The van der Waals surface area contributed by atoms with Crippen LogP contribution in [-0.4, -0.2) is 216 Å². The average Bonchev–Trinajstić information content (AvgIpc) is 1.63. The third-order valence-corrected chi connectivity index (χ3v) is 26.8. The van der Waals surface area contributed by atoms with Gasteiger partial charge in [0.05, 0.1) is 126 Å². The molecule has 5 aliphatic heterocycles. The molecule has 642 valence electrons. The van der Waals surface area contributed by atoms with E-state index in [1.807, 2.05) is 13.8 Å². The molecule has 5 aliphatic rings. The van der Waals surface area contributed by atoms with Crippen molar-refractivity contribution in [2.45, 2.75) is 145 Å². The van der Waals surface area contributed by atoms with Gasteiger partial charge in [-0.25, -0.2) is 24.2 Å². The first-order valence-corrected chi connectivity index (χ1v) is 48.0. The number of aromatic amines is 3. The van der Waals surface area contributed by atoms with Crippen molar-refractivity contribution >= 4 is 136 Å². The minimum absolute atomic E-state index is 0.0189. The van der Waals surface area contributed by atoms with E-state index in [2.05, 4.69) is 56.1 Å². The number of nitrogens with zero attached hydrogens (tertiary/aromatic N) is 9. The van der Waals surface area contributed by atoms with Gasteiger partial charge < -0.3 is 141 Å². The standard InChI is InChI=1S/C61H88BrN17O28P4S5/c1-31(2)33-18-47(75-9-4-44(64)69-58(75)85)100-40(33)26-97-110(114,94-17-16-93-15-14-92-13-8-67-46(81)6-11-91-12-7-63)106-37-21-49(77-23-32(3)54(82)73-60(77)87)102-43(37)29-98-111(115,116)107-38-22-51(79-30-68-52-53(79)71-57(66)72-56(52)84)103-42(38)28-96-109(90,113)105-36-20-48(76-10-5-45(65)70-59(76)86)101-41(36)27-95-108(89,112)104-35-19-50(99-39(35)25-80)78-24-34(62)55(83)74-61(78)88/h4-5,9-10,23-24,30-31,33,35-43,47-51,80H,6-8,11-22,25-29,63H2,1-3H3,(H,67,81)(H,89,112)(H,90,113)(H,115,116)(H2,64,69,85)(H2,65,70,86)(H,73,82,87)(H,74,83,88)(H3,66,71,72,84)/p-3/t33-,35+,36+,37+,38+,39+,40+,41+,42+,43+,47+,48+,49+,50+,51+,108?,109?,110?/m0/s1. The molecule has 6 aromatic heterocycles. The van der Waals surface area contributed by atoms with Gasteiger partial charge in [0.1, 0.15) is 73.9 Å². The molecule has 5 saturated heterocycles. The van der Waals surface area contributed by atoms with Crippen LogP contribution >= 0.6 is 41.9 Å². The molecule has 45 nitrogen and oxygen atoms in total. The summed E-state index contributed by atoms with van der Waals surface area (Å²) in [5.41, 5.74) is 13.6. The molecule has 13 N–H and O–H groups in total. The number of aliphatic hydroxyl groups is 1. The van der Waals surface area contributed by atoms with E-state index >= 15 is 0 Å². The van der Waals surface area contributed by atoms with Crippen LogP contribution in [0.2, 0.25) is 0 Å². The first kappa shape index (κ1) is 91.6. The number of imidazole rings is 1. The number of ether oxygens (including phenoxy) is 8. The largest absolute Gasteiger partial charge is 0.780 e. The number of rotatable bonds is 42. The summed E-state index contributed by atoms with van der Waals surface area (Å²) in [6, 6.07) is 2.77. The molecule has 0 spiro atoms. The predicted octanol–water partition coefficient (Wildman–Crippen LogP) is -0.372. The van der Waals surface area contributed by atoms with Gasteiger partial charge in [-0.15, -0.1) is 0 Å². The highest BCUT2D eigenvalue weighted by Gasteiger charge is 2.47. The lowest BCUT2D eigenvalue weighted by molar-refractivity contribution is -0.215. The second-order valence-corrected chi connectivity index (χ2v) is 41.2. The highest BCUT2D eigenvalue weighted by molar-refractivity contribution is 9.10. The monoisotopic (exact) mass is 1870 g/mol. The van der Waals surface area contributed by atoms with Crippen molar-refractivity contribution in [3.05, 3.63) is 126 Å². The molecular weight excluding hydrogens is 1780 g/mol. The van der Waals surface area contributed by atoms with Crippen LogP contribution in [-0.2, 0) is 148 Å². The zero-order valence-electron chi connectivity index (χ0n) is 61.9. The number of nitrogen functional groups attached to an aromatic ring is 3. The molecule has 6 aromatic rings. The summed E-state index contributed by atoms with van der Waals surface area (Å²) in [6.45, 7) is -9.85. The lowest BCUT2D eigenvalue weighted by Gasteiger charge is -2.36. The number of halogens is 1. The van der Waals surface area contributed by atoms with Gasteiger partial charge in [0, 0.05) is 75.5 Å². The normalized spacial score (nSPS) is 27.0. The minimum Gasteiger partial charge on any atom is -0.780 e. The number of H-pyrrole nitrogens is 3. The maximum absolute atomic E-state index is 14.7. The number of hydrogen-bond acceptors (Lipinski definition) is 41. The van der Waals surface area contributed by atoms with Crippen molar-refractivity contribution in [3.8, 4) is 0 Å². The highest BCUT2D eigenvalue weighted by atomic mass is 79.9. The van der Waals surface area contributed by atoms with Crippen LogP contribution in [0.5, 0.6) is 0 Å². The van der Waals surface area contributed by atoms with E-state index in [9.17, 15) is 52.9 Å². The SMILES string of the molecule is Cc1cn([C@H]2C[C@@H](OP(=S)(OCCOCCOCCNC(=O)CCOCCN)OC[C@H]3O[C@@H](n4ccc(N)nc4=O)C[C@H]3C(C)C)[C@@H](COP(=S)([S-])O[C@@H]3C[C@H](n4cnc5c(=O)[nH]c(N)nc54)O[C@@H]3COP([O-])(=S)O[C@@H]3C[C@H](n4ccc(N)nc4=O)O[C@@H]3COP(=O)([S-])O[C@@H]3C[C@H](n4cc(Br)c(=O)[nH]c4=O)O[C@@H]3CO)O2)c(=O)[nH]c1=O. The van der Waals surface area contributed by atoms with Crippen LogP contribution in [0.25, 0.3) is 11.2 Å². The van der Waals surface area contributed by atoms with Gasteiger partial charge >= 0.3 is 29.5 Å². The molecule has 0 bridgehead atoms. The van der Waals surface area contributed by atoms with Gasteiger partial charge in [0.25, 0.3) is 16.7 Å². The van der Waals surface area contributed by atoms with Crippen molar-refractivity contribution < 1.29 is 98.0 Å². The molecule has 4 unspecified atom stereocenters. The second kappa shape index (κ2) is 40.7. The number of hydrogen-bond donors (Lipinski definition) is 9. The third-order valence-electron chi connectivity index (χ3n) is 18.6. The Hall–Kier alpha value is -5.10. The van der Waals surface area contributed by atoms with E-state index in [0.29, 0.717) is 19.6 Å². The molecule has 19 atom stereocenters. The van der Waals surface area contributed by atoms with Gasteiger partial charge in [-0.05, 0) is 65.0 Å². The first-order valence-electron chi connectivity index (χ1n) is 35.9. The maximum atomic E-state index is 14.7. The summed E-state index contributed by atoms with van der Waals surface area (Å²) in [6.07, 6.45) is -10.7. The zero-order valence-corrected chi connectivity index (χ0v) is 71.2. The van der Waals surface area contributed by atoms with E-state index in [1.165, 1.54) is 53.1 Å². The van der Waals surface area contributed by atoms with Gasteiger partial charge in [-0.1, -0.05) is 37.5 Å². The number of aliphatic hydroxyl groups excluding tert-OH is 1. The molecule has 0 aromatic carbocycles. The predicted molar refractivity (Wildman–Crippen MR) is 425 cm³/mol. The molecule has 0 aliphatic carbocycles. The summed E-state index contributed by atoms with van der Waals surface area (Å²) < 4.78 is 124. The smallest absolute Gasteiger partial charge is 0.351 e. The maximum Gasteiger partial charge on any atom is 0.351 e. The Morgan fingerprint density at radius 2 is 1.15 bits per heavy atom. The zero-order chi connectivity index (χ0) is 83.6. The van der Waals surface area contributed by atoms with E-state index in [0.717, 1.165) is 19.9 Å². The number of aromatic nitrogens is 12. The first-order chi connectivity index (χ1) is 55.1. The van der Waals surface area contributed by atoms with E-state index < -0.39 is 178 Å². The van der Waals surface area contributed by atoms with Crippen molar-refractivity contribution in [1.29, 1.82) is 0 Å². The van der Waals surface area contributed by atoms with Crippen LogP contribution in [0, 0.1) is 18.8 Å². The second-order valence-electron chi connectivity index (χ2n) is 27.0. The quantitative estimate of drug-likeness (QED) is 0.0134. The molecule has 11 rings (SSSR count). The van der Waals surface area contributed by atoms with Crippen molar-refractivity contribution in [1.82, 2.24) is 63.0 Å². The van der Waals surface area contributed by atoms with E-state index in [-0.39, 0.29) is 141 Å². The molecular formula is C61H85BrN17O28P4S5-3. The van der Waals surface area contributed by atoms with Crippen LogP contribution < -0.4 is 72.6 Å². The third kappa shape index (κ3) is 24.4. The molecule has 1 amide bonds. The number of nitrogens with two attached hydrogens (primary N) is 4. The Labute approximate surface area is 691 Å². The summed E-state index contributed by atoms with van der Waals surface area (Å²) in [4.78, 5) is 140. The fourth-order valence-corrected chi connectivity index (χ4v) is 20.3. The fraction of sp³-hybridized carbons (Fsp3) is 0.639. The lowest BCUT2D eigenvalue weighted by Crippen LogP contribution is -2.33. The number of carbonyl (C=O) groups is 1. The van der Waals surface area contributed by atoms with Gasteiger partial charge in [0.15, 0.2) is 18.0 Å². The van der Waals surface area contributed by atoms with Crippen molar-refractivity contribution in [3.63, 3.8) is 0 Å². The van der Waals surface area contributed by atoms with Crippen molar-refractivity contribution in [2.75, 3.05) is 110 Å². The molecule has 55 heteroatoms. The molecule has 0 saturated carbocycles. The lowest BCUT2D eigenvalue weighted by atomic mass is 9.89. The average molecular weight is 1870 g/mol. The number of anilines is 3. The number of aryl methyl sites for hydroxylation is 1. The number of carbonyl (C=O) groups excluding carboxylic acids is 1. The molecule has 0 radical (unpaired) electrons. The van der Waals surface area contributed by atoms with Crippen molar-refractivity contribution in [2.24, 2.45) is 17.6 Å². The van der Waals surface area contributed by atoms with Crippen LogP contribution in [0.1, 0.15) is 89.1 Å². The Kier molecular flexibility index (Phi) is 32.2. The topological polar surface area (TPSA) is 594 Å². The summed E-state index contributed by atoms with van der Waals surface area (Å²) in [5, 5.41) is 13.0. The Morgan fingerprint density at radius 1 is 0.629 bits per heavy atom. The molecule has 116 heavy (non-hydrogen) atoms. The summed E-state index contributed by atoms with van der Waals surface area (Å²) in [5.74, 6) is -0.858. The minimum atomic E-state index is -4.84. The Balaban J connectivity index is 0.801. The highest BCUT2D eigenvalue weighted by Crippen LogP contribution is 2.57. The van der Waals surface area contributed by atoms with E-state index in [4.69, 9.17) is 161 Å². The van der Waals surface area contributed by atoms with Gasteiger partial charge in [-0.3, -0.25) is 61.5 Å². The fourth-order valence-electron chi connectivity index (χ4n) is 13.0. The Bertz CT molecular complexity index is 5090. The van der Waals surface area contributed by atoms with Crippen LogP contribution in [0.15, 0.2) is 81.3 Å². The summed E-state index contributed by atoms with van der Waals surface area (Å²) in [7, 11) is 0. The number of nitrogens with one attached hydrogen (secondary N) is 4. The van der Waals surface area contributed by atoms with Crippen LogP contribution in [0.4, 0.5) is 17.6 Å². The summed E-state index contributed by atoms with van der Waals surface area (Å²) >= 11 is 32.0. The van der Waals surface area contributed by atoms with Gasteiger partial charge in [0.2, 0.25) is 11.9 Å². The number of fused-ring (bicyclic) bond motifs is 1. The van der Waals surface area contributed by atoms with E-state index in [1.54, 1.807) is 0 Å². The Morgan fingerprint density at radius 3 is 1.77 bits per heavy atom. The molecule has 11 heterocycles.